The van der Waals surface area contributed by atoms with Crippen LogP contribution in [0.4, 0.5) is 8.78 Å². The molecule has 2 aromatic carbocycles. The van der Waals surface area contributed by atoms with Gasteiger partial charge in [-0.3, -0.25) is 0 Å². The number of halogens is 2. The van der Waals surface area contributed by atoms with Crippen LogP contribution in [0.5, 0.6) is 0 Å². The molecular formula is C17H18F2N2O2S. The smallest absolute Gasteiger partial charge is 0.246 e. The van der Waals surface area contributed by atoms with Crippen molar-refractivity contribution in [3.05, 3.63) is 65.2 Å². The summed E-state index contributed by atoms with van der Waals surface area (Å²) in [6.45, 7) is 2.70. The van der Waals surface area contributed by atoms with E-state index in [1.54, 1.807) is 13.0 Å². The van der Waals surface area contributed by atoms with Crippen LogP contribution in [0.2, 0.25) is 0 Å². The van der Waals surface area contributed by atoms with Crippen molar-refractivity contribution in [3.8, 4) is 0 Å². The second kappa shape index (κ2) is 6.58. The van der Waals surface area contributed by atoms with Gasteiger partial charge in [-0.2, -0.15) is 4.31 Å². The molecule has 0 amide bonds. The summed E-state index contributed by atoms with van der Waals surface area (Å²) in [6.07, 6.45) is 0. The Bertz CT molecular complexity index is 855. The summed E-state index contributed by atoms with van der Waals surface area (Å²) in [4.78, 5) is -0.342. The Labute approximate surface area is 140 Å². The van der Waals surface area contributed by atoms with Crippen LogP contribution in [0.1, 0.15) is 17.2 Å². The number of benzene rings is 2. The maximum Gasteiger partial charge on any atom is 0.246 e. The summed E-state index contributed by atoms with van der Waals surface area (Å²) in [7, 11) is -4.03. The zero-order valence-corrected chi connectivity index (χ0v) is 14.0. The van der Waals surface area contributed by atoms with Crippen molar-refractivity contribution in [2.24, 2.45) is 0 Å². The number of nitrogens with zero attached hydrogens (tertiary/aromatic N) is 1. The van der Waals surface area contributed by atoms with E-state index in [0.717, 1.165) is 6.07 Å². The Morgan fingerprint density at radius 3 is 2.71 bits per heavy atom. The highest BCUT2D eigenvalue weighted by Gasteiger charge is 2.36. The Kier molecular flexibility index (Phi) is 4.67. The van der Waals surface area contributed by atoms with E-state index in [4.69, 9.17) is 0 Å². The van der Waals surface area contributed by atoms with Crippen molar-refractivity contribution in [1.29, 1.82) is 0 Å². The lowest BCUT2D eigenvalue weighted by molar-refractivity contribution is 0.270. The Hall–Kier alpha value is -1.83. The molecule has 3 rings (SSSR count). The van der Waals surface area contributed by atoms with Crippen LogP contribution in [0.25, 0.3) is 0 Å². The highest BCUT2D eigenvalue weighted by atomic mass is 32.2. The molecule has 0 aromatic heterocycles. The first kappa shape index (κ1) is 17.0. The molecular weight excluding hydrogens is 334 g/mol. The topological polar surface area (TPSA) is 49.4 Å². The van der Waals surface area contributed by atoms with Crippen molar-refractivity contribution < 1.29 is 17.2 Å². The molecule has 4 nitrogen and oxygen atoms in total. The predicted octanol–water partition coefficient (Wildman–Crippen LogP) is 2.61. The van der Waals surface area contributed by atoms with Gasteiger partial charge in [-0.05, 0) is 42.3 Å². The number of nitrogens with one attached hydrogen (secondary N) is 1. The van der Waals surface area contributed by atoms with Crippen LogP contribution in [0, 0.1) is 18.6 Å². The van der Waals surface area contributed by atoms with Gasteiger partial charge in [0, 0.05) is 19.6 Å². The molecule has 7 heteroatoms. The molecule has 0 saturated carbocycles. The predicted molar refractivity (Wildman–Crippen MR) is 87.0 cm³/mol. The van der Waals surface area contributed by atoms with Crippen LogP contribution in [0.3, 0.4) is 0 Å². The monoisotopic (exact) mass is 352 g/mol. The number of aryl methyl sites for hydroxylation is 1. The van der Waals surface area contributed by atoms with Crippen molar-refractivity contribution >= 4 is 10.0 Å². The molecule has 1 atom stereocenters. The first-order valence-electron chi connectivity index (χ1n) is 7.64. The first-order chi connectivity index (χ1) is 11.4. The van der Waals surface area contributed by atoms with Gasteiger partial charge >= 0.3 is 0 Å². The highest BCUT2D eigenvalue weighted by molar-refractivity contribution is 7.89. The average Bonchev–Trinajstić information content (AvgIpc) is 2.57. The average molecular weight is 352 g/mol. The zero-order chi connectivity index (χ0) is 17.3. The minimum absolute atomic E-state index is 0.191. The summed E-state index contributed by atoms with van der Waals surface area (Å²) in [5.74, 6) is -1.21. The standard InChI is InChI=1S/C17H18F2N2O2S/c1-12-5-6-15(19)17(9-12)24(22,23)21-8-7-20-11-16(21)13-3-2-4-14(18)10-13/h2-6,9-10,16,20H,7-8,11H2,1H3. The summed E-state index contributed by atoms with van der Waals surface area (Å²) in [5, 5.41) is 3.11. The molecule has 1 heterocycles. The maximum absolute atomic E-state index is 14.1. The van der Waals surface area contributed by atoms with Crippen molar-refractivity contribution in [1.82, 2.24) is 9.62 Å². The molecule has 1 saturated heterocycles. The van der Waals surface area contributed by atoms with Crippen LogP contribution in [-0.2, 0) is 10.0 Å². The van der Waals surface area contributed by atoms with Gasteiger partial charge in [-0.15, -0.1) is 0 Å². The SMILES string of the molecule is Cc1ccc(F)c(S(=O)(=O)N2CCNCC2c2cccc(F)c2)c1. The van der Waals surface area contributed by atoms with Crippen molar-refractivity contribution in [2.45, 2.75) is 17.9 Å². The molecule has 0 radical (unpaired) electrons. The lowest BCUT2D eigenvalue weighted by Crippen LogP contribution is -2.48. The molecule has 1 unspecified atom stereocenters. The first-order valence-corrected chi connectivity index (χ1v) is 9.08. The Balaban J connectivity index is 2.05. The largest absolute Gasteiger partial charge is 0.313 e. The lowest BCUT2D eigenvalue weighted by Gasteiger charge is -2.35. The van der Waals surface area contributed by atoms with E-state index < -0.39 is 27.7 Å². The number of rotatable bonds is 3. The van der Waals surface area contributed by atoms with E-state index in [1.165, 1.54) is 34.6 Å². The molecule has 1 N–H and O–H groups in total. The van der Waals surface area contributed by atoms with Gasteiger partial charge in [-0.1, -0.05) is 18.2 Å². The van der Waals surface area contributed by atoms with E-state index in [9.17, 15) is 17.2 Å². The lowest BCUT2D eigenvalue weighted by atomic mass is 10.1. The minimum Gasteiger partial charge on any atom is -0.313 e. The summed E-state index contributed by atoms with van der Waals surface area (Å²) >= 11 is 0. The quantitative estimate of drug-likeness (QED) is 0.924. The van der Waals surface area contributed by atoms with Gasteiger partial charge in [0.2, 0.25) is 10.0 Å². The molecule has 1 aliphatic rings. The van der Waals surface area contributed by atoms with Crippen LogP contribution in [-0.4, -0.2) is 32.4 Å². The number of sulfonamides is 1. The van der Waals surface area contributed by atoms with E-state index in [2.05, 4.69) is 5.32 Å². The number of hydrogen-bond acceptors (Lipinski definition) is 3. The molecule has 0 spiro atoms. The molecule has 0 bridgehead atoms. The molecule has 0 aliphatic carbocycles. The van der Waals surface area contributed by atoms with Crippen molar-refractivity contribution in [2.75, 3.05) is 19.6 Å². The van der Waals surface area contributed by atoms with E-state index in [1.807, 2.05) is 0 Å². The second-order valence-electron chi connectivity index (χ2n) is 5.82. The number of hydrogen-bond donors (Lipinski definition) is 1. The fourth-order valence-corrected chi connectivity index (χ4v) is 4.67. The zero-order valence-electron chi connectivity index (χ0n) is 13.2. The van der Waals surface area contributed by atoms with Crippen LogP contribution < -0.4 is 5.32 Å². The Morgan fingerprint density at radius 1 is 1.17 bits per heavy atom. The van der Waals surface area contributed by atoms with E-state index in [-0.39, 0.29) is 11.4 Å². The van der Waals surface area contributed by atoms with Crippen LogP contribution >= 0.6 is 0 Å². The highest BCUT2D eigenvalue weighted by Crippen LogP contribution is 2.30. The fourth-order valence-electron chi connectivity index (χ4n) is 2.91. The second-order valence-corrected chi connectivity index (χ2v) is 7.68. The molecule has 1 aliphatic heterocycles. The third-order valence-corrected chi connectivity index (χ3v) is 6.02. The summed E-state index contributed by atoms with van der Waals surface area (Å²) < 4.78 is 54.9. The van der Waals surface area contributed by atoms with E-state index in [0.29, 0.717) is 24.2 Å². The normalized spacial score (nSPS) is 19.4. The fraction of sp³-hybridized carbons (Fsp3) is 0.294. The molecule has 2 aromatic rings. The third-order valence-electron chi connectivity index (χ3n) is 4.10. The van der Waals surface area contributed by atoms with Gasteiger partial charge in [0.25, 0.3) is 0 Å². The van der Waals surface area contributed by atoms with Crippen molar-refractivity contribution in [3.63, 3.8) is 0 Å². The summed E-state index contributed by atoms with van der Waals surface area (Å²) in [6, 6.07) is 9.26. The van der Waals surface area contributed by atoms with Gasteiger partial charge in [-0.25, -0.2) is 17.2 Å². The van der Waals surface area contributed by atoms with Crippen LogP contribution in [0.15, 0.2) is 47.4 Å². The molecule has 24 heavy (non-hydrogen) atoms. The number of piperazine rings is 1. The molecule has 1 fully saturated rings. The minimum atomic E-state index is -4.03. The van der Waals surface area contributed by atoms with Gasteiger partial charge in [0.15, 0.2) is 0 Å². The van der Waals surface area contributed by atoms with E-state index >= 15 is 0 Å². The molecule has 128 valence electrons. The maximum atomic E-state index is 14.1. The third kappa shape index (κ3) is 3.19. The van der Waals surface area contributed by atoms with Gasteiger partial charge in [0.05, 0.1) is 6.04 Å². The Morgan fingerprint density at radius 2 is 1.96 bits per heavy atom. The van der Waals surface area contributed by atoms with Gasteiger partial charge < -0.3 is 5.32 Å². The summed E-state index contributed by atoms with van der Waals surface area (Å²) in [5.41, 5.74) is 1.20. The van der Waals surface area contributed by atoms with Gasteiger partial charge in [0.1, 0.15) is 16.5 Å².